The van der Waals surface area contributed by atoms with Gasteiger partial charge in [0.1, 0.15) is 0 Å². The molecule has 0 radical (unpaired) electrons. The smallest absolute Gasteiger partial charge is 0.0795 e. The fourth-order valence-corrected chi connectivity index (χ4v) is 2.93. The van der Waals surface area contributed by atoms with E-state index in [2.05, 4.69) is 27.8 Å². The molecule has 3 nitrogen and oxygen atoms in total. The summed E-state index contributed by atoms with van der Waals surface area (Å²) in [5.41, 5.74) is 6.89. The second-order valence-electron chi connectivity index (χ2n) is 4.70. The van der Waals surface area contributed by atoms with Crippen LogP contribution in [0.5, 0.6) is 0 Å². The van der Waals surface area contributed by atoms with E-state index in [0.29, 0.717) is 0 Å². The standard InChI is InChI=1S/C14H17N3S/c1-2-4-14-11(3-1)5-6-12(17-14)7-15-8-13-9-18-10-16-13/h5-6,9-10,15H,1-4,7-8H2. The van der Waals surface area contributed by atoms with Crippen molar-refractivity contribution in [1.29, 1.82) is 0 Å². The molecule has 0 saturated heterocycles. The minimum absolute atomic E-state index is 0.822. The van der Waals surface area contributed by atoms with E-state index in [0.717, 1.165) is 30.9 Å². The molecular weight excluding hydrogens is 242 g/mol. The summed E-state index contributed by atoms with van der Waals surface area (Å²) in [6.07, 6.45) is 4.95. The summed E-state index contributed by atoms with van der Waals surface area (Å²) in [6.45, 7) is 1.65. The molecule has 1 aliphatic carbocycles. The van der Waals surface area contributed by atoms with Gasteiger partial charge in [0.15, 0.2) is 0 Å². The van der Waals surface area contributed by atoms with E-state index in [1.807, 2.05) is 5.51 Å². The molecule has 1 aliphatic rings. The minimum Gasteiger partial charge on any atom is -0.305 e. The number of rotatable bonds is 4. The Morgan fingerprint density at radius 1 is 1.11 bits per heavy atom. The van der Waals surface area contributed by atoms with Gasteiger partial charge in [-0.25, -0.2) is 4.98 Å². The van der Waals surface area contributed by atoms with Gasteiger partial charge in [0.25, 0.3) is 0 Å². The van der Waals surface area contributed by atoms with Gasteiger partial charge in [-0.15, -0.1) is 11.3 Å². The molecule has 2 heterocycles. The summed E-state index contributed by atoms with van der Waals surface area (Å²) in [7, 11) is 0. The van der Waals surface area contributed by atoms with Gasteiger partial charge in [0.05, 0.1) is 16.9 Å². The first kappa shape index (κ1) is 11.8. The molecule has 18 heavy (non-hydrogen) atoms. The van der Waals surface area contributed by atoms with Crippen molar-refractivity contribution in [3.05, 3.63) is 45.7 Å². The third-order valence-electron chi connectivity index (χ3n) is 3.33. The highest BCUT2D eigenvalue weighted by Gasteiger charge is 2.10. The molecule has 94 valence electrons. The lowest BCUT2D eigenvalue weighted by Crippen LogP contribution is -2.15. The number of nitrogens with one attached hydrogen (secondary N) is 1. The summed E-state index contributed by atoms with van der Waals surface area (Å²) in [6, 6.07) is 4.40. The van der Waals surface area contributed by atoms with E-state index in [1.165, 1.54) is 30.5 Å². The fraction of sp³-hybridized carbons (Fsp3) is 0.429. The predicted octanol–water partition coefficient (Wildman–Crippen LogP) is 2.71. The first-order chi connectivity index (χ1) is 8.92. The number of nitrogens with zero attached hydrogens (tertiary/aromatic N) is 2. The SMILES string of the molecule is c1nc(CNCc2ccc3c(n2)CCCC3)cs1. The quantitative estimate of drug-likeness (QED) is 0.917. The van der Waals surface area contributed by atoms with Crippen LogP contribution in [-0.4, -0.2) is 9.97 Å². The van der Waals surface area contributed by atoms with Crippen LogP contribution in [-0.2, 0) is 25.9 Å². The highest BCUT2D eigenvalue weighted by molar-refractivity contribution is 7.07. The minimum atomic E-state index is 0.822. The van der Waals surface area contributed by atoms with Gasteiger partial charge in [-0.3, -0.25) is 4.98 Å². The van der Waals surface area contributed by atoms with Crippen molar-refractivity contribution in [3.8, 4) is 0 Å². The Morgan fingerprint density at radius 3 is 2.89 bits per heavy atom. The Morgan fingerprint density at radius 2 is 2.00 bits per heavy atom. The van der Waals surface area contributed by atoms with Gasteiger partial charge in [-0.2, -0.15) is 0 Å². The molecule has 0 spiro atoms. The van der Waals surface area contributed by atoms with Crippen molar-refractivity contribution in [1.82, 2.24) is 15.3 Å². The Bertz CT molecular complexity index is 508. The van der Waals surface area contributed by atoms with E-state index >= 15 is 0 Å². The Hall–Kier alpha value is -1.26. The van der Waals surface area contributed by atoms with Crippen molar-refractivity contribution >= 4 is 11.3 Å². The average molecular weight is 259 g/mol. The Balaban J connectivity index is 1.59. The van der Waals surface area contributed by atoms with E-state index in [1.54, 1.807) is 11.3 Å². The largest absolute Gasteiger partial charge is 0.305 e. The van der Waals surface area contributed by atoms with Crippen LogP contribution in [0.1, 0.15) is 35.5 Å². The molecule has 2 aromatic rings. The zero-order valence-electron chi connectivity index (χ0n) is 10.4. The van der Waals surface area contributed by atoms with E-state index in [9.17, 15) is 0 Å². The predicted molar refractivity (Wildman–Crippen MR) is 73.5 cm³/mol. The van der Waals surface area contributed by atoms with Crippen LogP contribution < -0.4 is 5.32 Å². The molecule has 0 atom stereocenters. The summed E-state index contributed by atoms with van der Waals surface area (Å²) in [5, 5.41) is 5.47. The average Bonchev–Trinajstić information content (AvgIpc) is 2.92. The van der Waals surface area contributed by atoms with Crippen molar-refractivity contribution in [3.63, 3.8) is 0 Å². The number of hydrogen-bond acceptors (Lipinski definition) is 4. The van der Waals surface area contributed by atoms with Crippen LogP contribution in [0.3, 0.4) is 0 Å². The number of pyridine rings is 1. The maximum absolute atomic E-state index is 4.75. The topological polar surface area (TPSA) is 37.8 Å². The lowest BCUT2D eigenvalue weighted by molar-refractivity contribution is 0.640. The molecule has 0 bridgehead atoms. The van der Waals surface area contributed by atoms with E-state index in [-0.39, 0.29) is 0 Å². The van der Waals surface area contributed by atoms with Gasteiger partial charge in [-0.1, -0.05) is 6.07 Å². The number of aromatic nitrogens is 2. The van der Waals surface area contributed by atoms with Gasteiger partial charge in [0, 0.05) is 24.2 Å². The highest BCUT2D eigenvalue weighted by atomic mass is 32.1. The first-order valence-corrected chi connectivity index (χ1v) is 7.41. The van der Waals surface area contributed by atoms with Crippen LogP contribution >= 0.6 is 11.3 Å². The van der Waals surface area contributed by atoms with E-state index < -0.39 is 0 Å². The van der Waals surface area contributed by atoms with Gasteiger partial charge < -0.3 is 5.32 Å². The Kier molecular flexibility index (Phi) is 3.67. The van der Waals surface area contributed by atoms with Gasteiger partial charge in [-0.05, 0) is 37.3 Å². The van der Waals surface area contributed by atoms with Crippen molar-refractivity contribution in [2.24, 2.45) is 0 Å². The van der Waals surface area contributed by atoms with Crippen molar-refractivity contribution in [2.45, 2.75) is 38.8 Å². The lowest BCUT2D eigenvalue weighted by Gasteiger charge is -2.15. The number of thiazole rings is 1. The molecule has 0 unspecified atom stereocenters. The summed E-state index contributed by atoms with van der Waals surface area (Å²) in [5.74, 6) is 0. The second-order valence-corrected chi connectivity index (χ2v) is 5.42. The summed E-state index contributed by atoms with van der Waals surface area (Å²) < 4.78 is 0. The van der Waals surface area contributed by atoms with Crippen molar-refractivity contribution in [2.75, 3.05) is 0 Å². The normalized spacial score (nSPS) is 14.4. The zero-order valence-corrected chi connectivity index (χ0v) is 11.2. The second kappa shape index (κ2) is 5.59. The molecule has 3 rings (SSSR count). The van der Waals surface area contributed by atoms with E-state index in [4.69, 9.17) is 4.98 Å². The molecule has 0 fully saturated rings. The first-order valence-electron chi connectivity index (χ1n) is 6.47. The molecule has 1 N–H and O–H groups in total. The maximum Gasteiger partial charge on any atom is 0.0795 e. The van der Waals surface area contributed by atoms with Crippen LogP contribution in [0.25, 0.3) is 0 Å². The third kappa shape index (κ3) is 2.76. The Labute approximate surface area is 111 Å². The number of hydrogen-bond donors (Lipinski definition) is 1. The van der Waals surface area contributed by atoms with Crippen LogP contribution in [0.4, 0.5) is 0 Å². The summed E-state index contributed by atoms with van der Waals surface area (Å²) >= 11 is 1.64. The fourth-order valence-electron chi connectivity index (χ4n) is 2.37. The van der Waals surface area contributed by atoms with Crippen LogP contribution in [0, 0.1) is 0 Å². The molecule has 0 saturated carbocycles. The molecule has 0 amide bonds. The molecule has 4 heteroatoms. The zero-order chi connectivity index (χ0) is 12.2. The number of aryl methyl sites for hydroxylation is 2. The molecular formula is C14H17N3S. The van der Waals surface area contributed by atoms with Crippen LogP contribution in [0.2, 0.25) is 0 Å². The maximum atomic E-state index is 4.75. The lowest BCUT2D eigenvalue weighted by atomic mass is 9.96. The van der Waals surface area contributed by atoms with Gasteiger partial charge in [0.2, 0.25) is 0 Å². The molecule has 2 aromatic heterocycles. The third-order valence-corrected chi connectivity index (χ3v) is 3.97. The molecule has 0 aliphatic heterocycles. The molecule has 0 aromatic carbocycles. The van der Waals surface area contributed by atoms with Gasteiger partial charge >= 0.3 is 0 Å². The number of fused-ring (bicyclic) bond motifs is 1. The summed E-state index contributed by atoms with van der Waals surface area (Å²) in [4.78, 5) is 9.01. The van der Waals surface area contributed by atoms with Crippen LogP contribution in [0.15, 0.2) is 23.0 Å². The van der Waals surface area contributed by atoms with Crippen molar-refractivity contribution < 1.29 is 0 Å². The highest BCUT2D eigenvalue weighted by Crippen LogP contribution is 2.19. The monoisotopic (exact) mass is 259 g/mol.